The first-order valence-electron chi connectivity index (χ1n) is 9.01. The predicted molar refractivity (Wildman–Crippen MR) is 102 cm³/mol. The molecule has 2 aromatic carbocycles. The summed E-state index contributed by atoms with van der Waals surface area (Å²) in [5.74, 6) is 0.966. The number of benzene rings is 2. The van der Waals surface area contributed by atoms with E-state index in [0.717, 1.165) is 52.7 Å². The molecule has 5 rings (SSSR count). The Morgan fingerprint density at radius 2 is 2.08 bits per heavy atom. The van der Waals surface area contributed by atoms with Crippen LogP contribution in [0, 0.1) is 0 Å². The Morgan fingerprint density at radius 1 is 1.19 bits per heavy atom. The van der Waals surface area contributed by atoms with Crippen LogP contribution < -0.4 is 0 Å². The minimum Gasteiger partial charge on any atom is -0.351 e. The van der Waals surface area contributed by atoms with Gasteiger partial charge in [0, 0.05) is 30.9 Å². The van der Waals surface area contributed by atoms with E-state index in [9.17, 15) is 4.79 Å². The van der Waals surface area contributed by atoms with Crippen LogP contribution in [0.1, 0.15) is 35.1 Å². The third-order valence-electron chi connectivity index (χ3n) is 5.37. The van der Waals surface area contributed by atoms with Gasteiger partial charge in [0.15, 0.2) is 0 Å². The highest BCUT2D eigenvalue weighted by atomic mass is 16.2. The SMILES string of the molecule is Cn1ccc2ccc(C(=O)N3CCCC3c3nc4ccccc4[nH]3)cc21. The number of para-hydroxylation sites is 2. The number of carbonyl (C=O) groups excluding carboxylic acids is 1. The molecule has 26 heavy (non-hydrogen) atoms. The zero-order valence-corrected chi connectivity index (χ0v) is 14.6. The van der Waals surface area contributed by atoms with E-state index in [1.165, 1.54) is 0 Å². The lowest BCUT2D eigenvalue weighted by Gasteiger charge is -2.23. The Morgan fingerprint density at radius 3 is 2.96 bits per heavy atom. The molecule has 1 fully saturated rings. The second-order valence-corrected chi connectivity index (χ2v) is 7.00. The number of hydrogen-bond donors (Lipinski definition) is 1. The molecule has 0 saturated carbocycles. The molecule has 1 amide bonds. The van der Waals surface area contributed by atoms with Crippen molar-refractivity contribution in [1.82, 2.24) is 19.4 Å². The number of aromatic amines is 1. The van der Waals surface area contributed by atoms with Gasteiger partial charge in [-0.15, -0.1) is 0 Å². The summed E-state index contributed by atoms with van der Waals surface area (Å²) in [6, 6.07) is 16.0. The zero-order chi connectivity index (χ0) is 17.7. The lowest BCUT2D eigenvalue weighted by molar-refractivity contribution is 0.0730. The lowest BCUT2D eigenvalue weighted by Crippen LogP contribution is -2.31. The zero-order valence-electron chi connectivity index (χ0n) is 14.6. The number of H-pyrrole nitrogens is 1. The van der Waals surface area contributed by atoms with Gasteiger partial charge in [0.1, 0.15) is 5.82 Å². The fourth-order valence-corrected chi connectivity index (χ4v) is 3.99. The van der Waals surface area contributed by atoms with Crippen molar-refractivity contribution in [2.75, 3.05) is 6.54 Å². The fourth-order valence-electron chi connectivity index (χ4n) is 3.99. The Hall–Kier alpha value is -3.08. The second-order valence-electron chi connectivity index (χ2n) is 7.00. The van der Waals surface area contributed by atoms with Crippen LogP contribution in [0.2, 0.25) is 0 Å². The van der Waals surface area contributed by atoms with Crippen molar-refractivity contribution in [2.24, 2.45) is 7.05 Å². The van der Waals surface area contributed by atoms with E-state index < -0.39 is 0 Å². The predicted octanol–water partition coefficient (Wildman–Crippen LogP) is 4.03. The molecule has 1 N–H and O–H groups in total. The number of fused-ring (bicyclic) bond motifs is 2. The largest absolute Gasteiger partial charge is 0.351 e. The van der Waals surface area contributed by atoms with Crippen LogP contribution in [-0.4, -0.2) is 31.9 Å². The van der Waals surface area contributed by atoms with Gasteiger partial charge in [-0.2, -0.15) is 0 Å². The van der Waals surface area contributed by atoms with Gasteiger partial charge in [-0.25, -0.2) is 4.98 Å². The number of nitrogens with zero attached hydrogens (tertiary/aromatic N) is 3. The monoisotopic (exact) mass is 344 g/mol. The standard InChI is InChI=1S/C21H20N4O/c1-24-12-10-14-8-9-15(13-19(14)24)21(26)25-11-4-7-18(25)20-22-16-5-2-3-6-17(16)23-20/h2-3,5-6,8-10,12-13,18H,4,7,11H2,1H3,(H,22,23). The molecule has 0 aliphatic carbocycles. The molecular weight excluding hydrogens is 324 g/mol. The van der Waals surface area contributed by atoms with Crippen LogP contribution in [0.4, 0.5) is 0 Å². The number of aryl methyl sites for hydroxylation is 1. The van der Waals surface area contributed by atoms with Gasteiger partial charge in [0.05, 0.1) is 17.1 Å². The summed E-state index contributed by atoms with van der Waals surface area (Å²) >= 11 is 0. The Balaban J connectivity index is 1.50. The van der Waals surface area contributed by atoms with Crippen molar-refractivity contribution >= 4 is 27.8 Å². The number of imidazole rings is 1. The molecular formula is C21H20N4O. The number of likely N-dealkylation sites (tertiary alicyclic amines) is 1. The van der Waals surface area contributed by atoms with Crippen molar-refractivity contribution in [3.8, 4) is 0 Å². The Bertz CT molecular complexity index is 1090. The third-order valence-corrected chi connectivity index (χ3v) is 5.37. The Labute approximate surface area is 151 Å². The van der Waals surface area contributed by atoms with Crippen LogP contribution in [0.25, 0.3) is 21.9 Å². The summed E-state index contributed by atoms with van der Waals surface area (Å²) in [4.78, 5) is 23.3. The molecule has 1 saturated heterocycles. The van der Waals surface area contributed by atoms with E-state index >= 15 is 0 Å². The second kappa shape index (κ2) is 5.73. The van der Waals surface area contributed by atoms with Crippen molar-refractivity contribution in [2.45, 2.75) is 18.9 Å². The lowest BCUT2D eigenvalue weighted by atomic mass is 10.1. The molecule has 0 bridgehead atoms. The Kier molecular flexibility index (Phi) is 3.35. The van der Waals surface area contributed by atoms with Gasteiger partial charge in [0.25, 0.3) is 5.91 Å². The number of hydrogen-bond acceptors (Lipinski definition) is 2. The molecule has 0 radical (unpaired) electrons. The normalized spacial score (nSPS) is 17.4. The van der Waals surface area contributed by atoms with E-state index in [1.54, 1.807) is 0 Å². The number of carbonyl (C=O) groups is 1. The van der Waals surface area contributed by atoms with Gasteiger partial charge in [-0.05, 0) is 48.6 Å². The molecule has 5 heteroatoms. The van der Waals surface area contributed by atoms with Crippen LogP contribution in [-0.2, 0) is 7.05 Å². The van der Waals surface area contributed by atoms with Gasteiger partial charge in [0.2, 0.25) is 0 Å². The molecule has 1 atom stereocenters. The minimum absolute atomic E-state index is 0.0130. The molecule has 5 nitrogen and oxygen atoms in total. The first kappa shape index (κ1) is 15.2. The molecule has 3 heterocycles. The van der Waals surface area contributed by atoms with Crippen molar-refractivity contribution in [3.63, 3.8) is 0 Å². The molecule has 1 aliphatic rings. The summed E-state index contributed by atoms with van der Waals surface area (Å²) in [6.07, 6.45) is 3.96. The minimum atomic E-state index is 0.0130. The van der Waals surface area contributed by atoms with E-state index in [-0.39, 0.29) is 11.9 Å². The van der Waals surface area contributed by atoms with Gasteiger partial charge in [-0.3, -0.25) is 4.79 Å². The molecule has 1 unspecified atom stereocenters. The summed E-state index contributed by atoms with van der Waals surface area (Å²) in [7, 11) is 2.00. The van der Waals surface area contributed by atoms with E-state index in [2.05, 4.69) is 11.1 Å². The van der Waals surface area contributed by atoms with Crippen LogP contribution >= 0.6 is 0 Å². The van der Waals surface area contributed by atoms with Gasteiger partial charge >= 0.3 is 0 Å². The van der Waals surface area contributed by atoms with E-state index in [0.29, 0.717) is 0 Å². The average molecular weight is 344 g/mol. The number of aromatic nitrogens is 3. The van der Waals surface area contributed by atoms with Crippen molar-refractivity contribution < 1.29 is 4.79 Å². The summed E-state index contributed by atoms with van der Waals surface area (Å²) in [5.41, 5.74) is 3.79. The van der Waals surface area contributed by atoms with E-state index in [4.69, 9.17) is 4.98 Å². The first-order valence-corrected chi connectivity index (χ1v) is 9.01. The number of nitrogens with one attached hydrogen (secondary N) is 1. The highest BCUT2D eigenvalue weighted by Gasteiger charge is 2.32. The van der Waals surface area contributed by atoms with Crippen LogP contribution in [0.5, 0.6) is 0 Å². The molecule has 130 valence electrons. The van der Waals surface area contributed by atoms with Gasteiger partial charge in [-0.1, -0.05) is 18.2 Å². The maximum atomic E-state index is 13.2. The topological polar surface area (TPSA) is 53.9 Å². The molecule has 1 aliphatic heterocycles. The molecule has 2 aromatic heterocycles. The highest BCUT2D eigenvalue weighted by molar-refractivity contribution is 5.98. The third kappa shape index (κ3) is 2.31. The number of amides is 1. The quantitative estimate of drug-likeness (QED) is 0.597. The average Bonchev–Trinajstić information content (AvgIpc) is 3.38. The fraction of sp³-hybridized carbons (Fsp3) is 0.238. The van der Waals surface area contributed by atoms with Crippen molar-refractivity contribution in [1.29, 1.82) is 0 Å². The molecule has 0 spiro atoms. The number of rotatable bonds is 2. The smallest absolute Gasteiger partial charge is 0.254 e. The van der Waals surface area contributed by atoms with Crippen LogP contribution in [0.15, 0.2) is 54.7 Å². The van der Waals surface area contributed by atoms with Gasteiger partial charge < -0.3 is 14.5 Å². The van der Waals surface area contributed by atoms with Crippen molar-refractivity contribution in [3.05, 3.63) is 66.1 Å². The van der Waals surface area contributed by atoms with E-state index in [1.807, 2.05) is 65.2 Å². The first-order chi connectivity index (χ1) is 12.7. The molecule has 4 aromatic rings. The summed E-state index contributed by atoms with van der Waals surface area (Å²) in [5, 5.41) is 1.15. The highest BCUT2D eigenvalue weighted by Crippen LogP contribution is 2.33. The summed E-state index contributed by atoms with van der Waals surface area (Å²) in [6.45, 7) is 0.770. The maximum Gasteiger partial charge on any atom is 0.254 e. The van der Waals surface area contributed by atoms with Crippen LogP contribution in [0.3, 0.4) is 0 Å². The summed E-state index contributed by atoms with van der Waals surface area (Å²) < 4.78 is 2.05. The maximum absolute atomic E-state index is 13.2.